The van der Waals surface area contributed by atoms with Crippen molar-refractivity contribution in [2.24, 2.45) is 0 Å². The summed E-state index contributed by atoms with van der Waals surface area (Å²) in [6.45, 7) is 6.80. The number of hydrogen-bond acceptors (Lipinski definition) is 2. The van der Waals surface area contributed by atoms with Gasteiger partial charge in [0.25, 0.3) is 0 Å². The smallest absolute Gasteiger partial charge is 0.146 e. The summed E-state index contributed by atoms with van der Waals surface area (Å²) in [6, 6.07) is 5.66. The highest BCUT2D eigenvalue weighted by atomic mass is 35.5. The average Bonchev–Trinajstić information content (AvgIpc) is 2.33. The number of rotatable bonds is 7. The van der Waals surface area contributed by atoms with Crippen LogP contribution in [0, 0.1) is 5.82 Å². The molecule has 0 unspecified atom stereocenters. The maximum atomic E-state index is 13.6. The summed E-state index contributed by atoms with van der Waals surface area (Å²) < 4.78 is 13.6. The van der Waals surface area contributed by atoms with Crippen molar-refractivity contribution in [2.45, 2.75) is 32.9 Å². The van der Waals surface area contributed by atoms with Crippen LogP contribution >= 0.6 is 11.6 Å². The van der Waals surface area contributed by atoms with Gasteiger partial charge in [-0.15, -0.1) is 0 Å². The molecule has 0 aromatic heterocycles. The van der Waals surface area contributed by atoms with Crippen molar-refractivity contribution in [3.05, 3.63) is 34.6 Å². The number of halogens is 2. The Kier molecular flexibility index (Phi) is 6.61. The van der Waals surface area contributed by atoms with E-state index in [0.717, 1.165) is 19.5 Å². The van der Waals surface area contributed by atoms with Crippen molar-refractivity contribution in [1.82, 2.24) is 10.2 Å². The molecule has 18 heavy (non-hydrogen) atoms. The Morgan fingerprint density at radius 2 is 2.11 bits per heavy atom. The third-order valence-electron chi connectivity index (χ3n) is 3.09. The van der Waals surface area contributed by atoms with Crippen molar-refractivity contribution >= 4 is 11.6 Å². The molecule has 0 aliphatic heterocycles. The SMILES string of the molecule is CC(C)N(C)CCCNCc1cccc(Cl)c1F. The van der Waals surface area contributed by atoms with Crippen LogP contribution in [0.1, 0.15) is 25.8 Å². The van der Waals surface area contributed by atoms with Gasteiger partial charge < -0.3 is 10.2 Å². The van der Waals surface area contributed by atoms with Gasteiger partial charge in [0, 0.05) is 18.2 Å². The van der Waals surface area contributed by atoms with Crippen LogP contribution in [0.3, 0.4) is 0 Å². The van der Waals surface area contributed by atoms with Crippen LogP contribution in [0.4, 0.5) is 4.39 Å². The second-order valence-corrected chi connectivity index (χ2v) is 5.22. The van der Waals surface area contributed by atoms with Crippen molar-refractivity contribution in [3.63, 3.8) is 0 Å². The van der Waals surface area contributed by atoms with Gasteiger partial charge in [0.2, 0.25) is 0 Å². The predicted molar refractivity (Wildman–Crippen MR) is 75.5 cm³/mol. The standard InChI is InChI=1S/C14H22ClFN2/c1-11(2)18(3)9-5-8-17-10-12-6-4-7-13(15)14(12)16/h4,6-7,11,17H,5,8-10H2,1-3H3. The molecule has 0 aliphatic carbocycles. The van der Waals surface area contributed by atoms with Gasteiger partial charge in [0.1, 0.15) is 5.82 Å². The first-order valence-electron chi connectivity index (χ1n) is 6.36. The molecule has 0 saturated heterocycles. The molecule has 0 amide bonds. The highest BCUT2D eigenvalue weighted by Crippen LogP contribution is 2.17. The molecular weight excluding hydrogens is 251 g/mol. The van der Waals surface area contributed by atoms with Crippen LogP contribution in [-0.4, -0.2) is 31.1 Å². The molecule has 4 heteroatoms. The molecule has 0 saturated carbocycles. The maximum Gasteiger partial charge on any atom is 0.146 e. The first-order chi connectivity index (χ1) is 8.52. The van der Waals surface area contributed by atoms with Crippen LogP contribution in [-0.2, 0) is 6.54 Å². The lowest BCUT2D eigenvalue weighted by Gasteiger charge is -2.20. The zero-order valence-electron chi connectivity index (χ0n) is 11.3. The quantitative estimate of drug-likeness (QED) is 0.766. The molecular formula is C14H22ClFN2. The van der Waals surface area contributed by atoms with E-state index < -0.39 is 0 Å². The van der Waals surface area contributed by atoms with Gasteiger partial charge >= 0.3 is 0 Å². The van der Waals surface area contributed by atoms with Crippen molar-refractivity contribution in [2.75, 3.05) is 20.1 Å². The molecule has 2 nitrogen and oxygen atoms in total. The van der Waals surface area contributed by atoms with E-state index in [0.29, 0.717) is 18.2 Å². The predicted octanol–water partition coefficient (Wildman–Crippen LogP) is 3.30. The van der Waals surface area contributed by atoms with E-state index >= 15 is 0 Å². The largest absolute Gasteiger partial charge is 0.313 e. The Bertz CT molecular complexity index is 369. The molecule has 1 rings (SSSR count). The molecule has 0 fully saturated rings. The molecule has 0 radical (unpaired) electrons. The summed E-state index contributed by atoms with van der Waals surface area (Å²) in [5.41, 5.74) is 0.625. The summed E-state index contributed by atoms with van der Waals surface area (Å²) >= 11 is 5.72. The van der Waals surface area contributed by atoms with Crippen LogP contribution in [0.25, 0.3) is 0 Å². The minimum atomic E-state index is -0.314. The zero-order valence-corrected chi connectivity index (χ0v) is 12.1. The van der Waals surface area contributed by atoms with Crippen LogP contribution in [0.2, 0.25) is 5.02 Å². The summed E-state index contributed by atoms with van der Waals surface area (Å²) in [5, 5.41) is 3.43. The normalized spacial score (nSPS) is 11.5. The molecule has 1 aromatic rings. The summed E-state index contributed by atoms with van der Waals surface area (Å²) in [5.74, 6) is -0.314. The Labute approximate surface area is 114 Å². The second-order valence-electron chi connectivity index (χ2n) is 4.82. The molecule has 102 valence electrons. The minimum absolute atomic E-state index is 0.189. The van der Waals surface area contributed by atoms with Crippen LogP contribution in [0.15, 0.2) is 18.2 Å². The fourth-order valence-electron chi connectivity index (χ4n) is 1.62. The number of benzene rings is 1. The minimum Gasteiger partial charge on any atom is -0.313 e. The molecule has 0 heterocycles. The lowest BCUT2D eigenvalue weighted by Crippen LogP contribution is -2.29. The Hall–Kier alpha value is -0.640. The van der Waals surface area contributed by atoms with Gasteiger partial charge in [-0.1, -0.05) is 23.7 Å². The summed E-state index contributed by atoms with van der Waals surface area (Å²) in [4.78, 5) is 2.29. The van der Waals surface area contributed by atoms with Crippen LogP contribution < -0.4 is 5.32 Å². The van der Waals surface area contributed by atoms with Gasteiger partial charge in [-0.3, -0.25) is 0 Å². The van der Waals surface area contributed by atoms with Gasteiger partial charge in [-0.05, 0) is 46.5 Å². The fraction of sp³-hybridized carbons (Fsp3) is 0.571. The van der Waals surface area contributed by atoms with Crippen molar-refractivity contribution < 1.29 is 4.39 Å². The van der Waals surface area contributed by atoms with E-state index in [9.17, 15) is 4.39 Å². The van der Waals surface area contributed by atoms with E-state index in [-0.39, 0.29) is 10.8 Å². The lowest BCUT2D eigenvalue weighted by atomic mass is 10.2. The third-order valence-corrected chi connectivity index (χ3v) is 3.38. The molecule has 1 N–H and O–H groups in total. The van der Waals surface area contributed by atoms with Gasteiger partial charge in [0.15, 0.2) is 0 Å². The van der Waals surface area contributed by atoms with Gasteiger partial charge in [0.05, 0.1) is 5.02 Å². The fourth-order valence-corrected chi connectivity index (χ4v) is 1.81. The van der Waals surface area contributed by atoms with E-state index in [4.69, 9.17) is 11.6 Å². The van der Waals surface area contributed by atoms with E-state index in [2.05, 4.69) is 31.1 Å². The summed E-state index contributed by atoms with van der Waals surface area (Å²) in [6.07, 6.45) is 1.05. The topological polar surface area (TPSA) is 15.3 Å². The van der Waals surface area contributed by atoms with E-state index in [1.54, 1.807) is 18.2 Å². The maximum absolute atomic E-state index is 13.6. The van der Waals surface area contributed by atoms with Crippen molar-refractivity contribution in [3.8, 4) is 0 Å². The Morgan fingerprint density at radius 1 is 1.39 bits per heavy atom. The Balaban J connectivity index is 2.24. The molecule has 0 bridgehead atoms. The number of nitrogens with one attached hydrogen (secondary N) is 1. The van der Waals surface area contributed by atoms with E-state index in [1.807, 2.05) is 0 Å². The second kappa shape index (κ2) is 7.72. The van der Waals surface area contributed by atoms with Crippen molar-refractivity contribution in [1.29, 1.82) is 0 Å². The van der Waals surface area contributed by atoms with Crippen LogP contribution in [0.5, 0.6) is 0 Å². The van der Waals surface area contributed by atoms with Gasteiger partial charge in [-0.2, -0.15) is 0 Å². The monoisotopic (exact) mass is 272 g/mol. The molecule has 0 atom stereocenters. The average molecular weight is 273 g/mol. The molecule has 1 aromatic carbocycles. The first-order valence-corrected chi connectivity index (χ1v) is 6.74. The third kappa shape index (κ3) is 4.92. The lowest BCUT2D eigenvalue weighted by molar-refractivity contribution is 0.269. The summed E-state index contributed by atoms with van der Waals surface area (Å²) in [7, 11) is 2.11. The first kappa shape index (κ1) is 15.4. The molecule has 0 spiro atoms. The highest BCUT2D eigenvalue weighted by Gasteiger charge is 2.05. The van der Waals surface area contributed by atoms with Gasteiger partial charge in [-0.25, -0.2) is 4.39 Å². The Morgan fingerprint density at radius 3 is 2.78 bits per heavy atom. The highest BCUT2D eigenvalue weighted by molar-refractivity contribution is 6.30. The number of nitrogens with zero attached hydrogens (tertiary/aromatic N) is 1. The molecule has 0 aliphatic rings. The zero-order chi connectivity index (χ0) is 13.5. The van der Waals surface area contributed by atoms with E-state index in [1.165, 1.54) is 0 Å². The number of hydrogen-bond donors (Lipinski definition) is 1.